The van der Waals surface area contributed by atoms with Gasteiger partial charge in [-0.1, -0.05) is 6.07 Å². The Kier molecular flexibility index (Phi) is 6.08. The second-order valence-electron chi connectivity index (χ2n) is 5.98. The molecule has 0 bridgehead atoms. The second kappa shape index (κ2) is 8.68. The van der Waals surface area contributed by atoms with Crippen LogP contribution >= 0.6 is 0 Å². The zero-order valence-corrected chi connectivity index (χ0v) is 15.7. The van der Waals surface area contributed by atoms with Gasteiger partial charge in [0, 0.05) is 38.8 Å². The summed E-state index contributed by atoms with van der Waals surface area (Å²) in [6, 6.07) is 7.09. The van der Waals surface area contributed by atoms with Gasteiger partial charge in [-0.2, -0.15) is 4.98 Å². The van der Waals surface area contributed by atoms with E-state index in [4.69, 9.17) is 18.9 Å². The Morgan fingerprint density at radius 3 is 2.59 bits per heavy atom. The van der Waals surface area contributed by atoms with Crippen molar-refractivity contribution in [3.63, 3.8) is 0 Å². The molecule has 0 radical (unpaired) electrons. The van der Waals surface area contributed by atoms with Gasteiger partial charge in [0.05, 0.1) is 26.5 Å². The summed E-state index contributed by atoms with van der Waals surface area (Å²) in [7, 11) is 4.63. The van der Waals surface area contributed by atoms with Gasteiger partial charge in [-0.25, -0.2) is 4.98 Å². The highest BCUT2D eigenvalue weighted by Gasteiger charge is 2.26. The van der Waals surface area contributed by atoms with E-state index in [1.807, 2.05) is 12.1 Å². The number of fused-ring (bicyclic) bond motifs is 1. The molecule has 0 saturated carbocycles. The lowest BCUT2D eigenvalue weighted by atomic mass is 10.0. The zero-order chi connectivity index (χ0) is 19.2. The first-order chi connectivity index (χ1) is 13.2. The van der Waals surface area contributed by atoms with Crippen LogP contribution in [0.3, 0.4) is 0 Å². The SMILES string of the molecule is COCCOc1ccc2c(n1)CCN(C(=O)c1ccc(OC)nc1OC)C2. The van der Waals surface area contributed by atoms with E-state index in [9.17, 15) is 4.79 Å². The number of pyridine rings is 2. The van der Waals surface area contributed by atoms with Crippen LogP contribution in [-0.2, 0) is 17.7 Å². The molecule has 8 heteroatoms. The molecule has 2 aromatic rings. The highest BCUT2D eigenvalue weighted by molar-refractivity contribution is 5.96. The molecule has 3 heterocycles. The van der Waals surface area contributed by atoms with Crippen molar-refractivity contribution in [1.29, 1.82) is 0 Å². The molecule has 2 aromatic heterocycles. The molecule has 0 fully saturated rings. The molecule has 1 aliphatic heterocycles. The molecule has 1 amide bonds. The highest BCUT2D eigenvalue weighted by atomic mass is 16.5. The van der Waals surface area contributed by atoms with E-state index in [-0.39, 0.29) is 11.8 Å². The fourth-order valence-electron chi connectivity index (χ4n) is 2.91. The predicted molar refractivity (Wildman–Crippen MR) is 97.4 cm³/mol. The van der Waals surface area contributed by atoms with Crippen molar-refractivity contribution in [3.05, 3.63) is 41.1 Å². The maximum Gasteiger partial charge on any atom is 0.259 e. The van der Waals surface area contributed by atoms with Gasteiger partial charge in [-0.05, 0) is 11.6 Å². The van der Waals surface area contributed by atoms with Gasteiger partial charge in [-0.3, -0.25) is 4.79 Å². The Balaban J connectivity index is 1.73. The maximum absolute atomic E-state index is 12.9. The van der Waals surface area contributed by atoms with Gasteiger partial charge in [0.25, 0.3) is 5.91 Å². The minimum absolute atomic E-state index is 0.131. The summed E-state index contributed by atoms with van der Waals surface area (Å²) in [5, 5.41) is 0. The Bertz CT molecular complexity index is 812. The number of aromatic nitrogens is 2. The van der Waals surface area contributed by atoms with Crippen LogP contribution < -0.4 is 14.2 Å². The number of carbonyl (C=O) groups is 1. The van der Waals surface area contributed by atoms with Gasteiger partial charge in [-0.15, -0.1) is 0 Å². The molecule has 0 atom stereocenters. The van der Waals surface area contributed by atoms with E-state index < -0.39 is 0 Å². The van der Waals surface area contributed by atoms with Gasteiger partial charge in [0.1, 0.15) is 12.2 Å². The number of carbonyl (C=O) groups excluding carboxylic acids is 1. The Morgan fingerprint density at radius 2 is 1.85 bits per heavy atom. The van der Waals surface area contributed by atoms with Crippen LogP contribution in [0.25, 0.3) is 0 Å². The topological polar surface area (TPSA) is 83.0 Å². The summed E-state index contributed by atoms with van der Waals surface area (Å²) in [6.07, 6.45) is 0.661. The third kappa shape index (κ3) is 4.28. The lowest BCUT2D eigenvalue weighted by molar-refractivity contribution is 0.0728. The largest absolute Gasteiger partial charge is 0.481 e. The van der Waals surface area contributed by atoms with Gasteiger partial charge in [0.2, 0.25) is 17.6 Å². The number of nitrogens with zero attached hydrogens (tertiary/aromatic N) is 3. The second-order valence-corrected chi connectivity index (χ2v) is 5.98. The van der Waals surface area contributed by atoms with Crippen LogP contribution in [-0.4, -0.2) is 61.9 Å². The van der Waals surface area contributed by atoms with Crippen LogP contribution in [0.1, 0.15) is 21.6 Å². The third-order valence-electron chi connectivity index (χ3n) is 4.31. The van der Waals surface area contributed by atoms with Gasteiger partial charge >= 0.3 is 0 Å². The van der Waals surface area contributed by atoms with Gasteiger partial charge < -0.3 is 23.8 Å². The smallest absolute Gasteiger partial charge is 0.259 e. The minimum atomic E-state index is -0.131. The molecular weight excluding hydrogens is 350 g/mol. The van der Waals surface area contributed by atoms with Crippen molar-refractivity contribution < 1.29 is 23.7 Å². The molecule has 0 unspecified atom stereocenters. The highest BCUT2D eigenvalue weighted by Crippen LogP contribution is 2.25. The number of ether oxygens (including phenoxy) is 4. The van der Waals surface area contributed by atoms with E-state index in [0.29, 0.717) is 50.0 Å². The normalized spacial score (nSPS) is 13.1. The molecule has 3 rings (SSSR count). The summed E-state index contributed by atoms with van der Waals surface area (Å²) in [5.74, 6) is 1.10. The molecule has 0 spiro atoms. The van der Waals surface area contributed by atoms with Crippen LogP contribution in [0.15, 0.2) is 24.3 Å². The first-order valence-electron chi connectivity index (χ1n) is 8.65. The number of hydrogen-bond donors (Lipinski definition) is 0. The molecule has 0 aromatic carbocycles. The van der Waals surface area contributed by atoms with Crippen molar-refractivity contribution in [3.8, 4) is 17.6 Å². The molecule has 8 nitrogen and oxygen atoms in total. The molecular formula is C19H23N3O5. The van der Waals surface area contributed by atoms with E-state index >= 15 is 0 Å². The van der Waals surface area contributed by atoms with E-state index in [1.165, 1.54) is 14.2 Å². The molecule has 27 heavy (non-hydrogen) atoms. The fraction of sp³-hybridized carbons (Fsp3) is 0.421. The quantitative estimate of drug-likeness (QED) is 0.683. The number of amides is 1. The minimum Gasteiger partial charge on any atom is -0.481 e. The van der Waals surface area contributed by atoms with Crippen molar-refractivity contribution in [2.45, 2.75) is 13.0 Å². The molecule has 144 valence electrons. The average Bonchev–Trinajstić information content (AvgIpc) is 2.72. The maximum atomic E-state index is 12.9. The molecule has 0 aliphatic carbocycles. The zero-order valence-electron chi connectivity index (χ0n) is 15.7. The van der Waals surface area contributed by atoms with Gasteiger partial charge in [0.15, 0.2) is 0 Å². The lowest BCUT2D eigenvalue weighted by Gasteiger charge is -2.28. The Labute approximate surface area is 158 Å². The molecule has 0 saturated heterocycles. The van der Waals surface area contributed by atoms with Crippen LogP contribution in [0.4, 0.5) is 0 Å². The first-order valence-corrected chi connectivity index (χ1v) is 8.65. The summed E-state index contributed by atoms with van der Waals surface area (Å²) in [4.78, 5) is 23.4. The number of hydrogen-bond acceptors (Lipinski definition) is 7. The van der Waals surface area contributed by atoms with E-state index in [2.05, 4.69) is 9.97 Å². The average molecular weight is 373 g/mol. The number of methoxy groups -OCH3 is 3. The Morgan fingerprint density at radius 1 is 1.04 bits per heavy atom. The summed E-state index contributed by atoms with van der Waals surface area (Å²) < 4.78 is 20.9. The molecule has 0 N–H and O–H groups in total. The van der Waals surface area contributed by atoms with Crippen molar-refractivity contribution in [2.24, 2.45) is 0 Å². The molecule has 1 aliphatic rings. The summed E-state index contributed by atoms with van der Waals surface area (Å²) in [6.45, 7) is 2.01. The van der Waals surface area contributed by atoms with E-state index in [0.717, 1.165) is 11.3 Å². The van der Waals surface area contributed by atoms with Crippen LogP contribution in [0.2, 0.25) is 0 Å². The van der Waals surface area contributed by atoms with E-state index in [1.54, 1.807) is 24.1 Å². The first kappa shape index (κ1) is 18.9. The number of rotatable bonds is 7. The monoisotopic (exact) mass is 373 g/mol. The van der Waals surface area contributed by atoms with Crippen molar-refractivity contribution in [1.82, 2.24) is 14.9 Å². The Hall–Kier alpha value is -2.87. The predicted octanol–water partition coefficient (Wildman–Crippen LogP) is 1.72. The fourth-order valence-corrected chi connectivity index (χ4v) is 2.91. The summed E-state index contributed by atoms with van der Waals surface area (Å²) >= 11 is 0. The van der Waals surface area contributed by atoms with Crippen LogP contribution in [0.5, 0.6) is 17.6 Å². The van der Waals surface area contributed by atoms with Crippen molar-refractivity contribution >= 4 is 5.91 Å². The third-order valence-corrected chi connectivity index (χ3v) is 4.31. The van der Waals surface area contributed by atoms with Crippen molar-refractivity contribution in [2.75, 3.05) is 41.1 Å². The lowest BCUT2D eigenvalue weighted by Crippen LogP contribution is -2.36. The standard InChI is InChI=1S/C19H23N3O5/c1-24-10-11-27-17-6-4-13-12-22(9-8-15(13)20-17)19(23)14-5-7-16(25-2)21-18(14)26-3/h4-7H,8-12H2,1-3H3. The van der Waals surface area contributed by atoms with Crippen LogP contribution in [0, 0.1) is 0 Å². The summed E-state index contributed by atoms with van der Waals surface area (Å²) in [5.41, 5.74) is 2.37.